The van der Waals surface area contributed by atoms with Crippen LogP contribution in [0.1, 0.15) is 5.56 Å². The predicted molar refractivity (Wildman–Crippen MR) is 106 cm³/mol. The van der Waals surface area contributed by atoms with E-state index in [1.807, 2.05) is 18.3 Å². The molecule has 3 aromatic rings. The van der Waals surface area contributed by atoms with Gasteiger partial charge in [-0.1, -0.05) is 0 Å². The van der Waals surface area contributed by atoms with Gasteiger partial charge in [0.05, 0.1) is 6.61 Å². The molecule has 0 aliphatic carbocycles. The summed E-state index contributed by atoms with van der Waals surface area (Å²) in [5, 5.41) is 1.08. The van der Waals surface area contributed by atoms with Crippen LogP contribution in [0.2, 0.25) is 0 Å². The van der Waals surface area contributed by atoms with Gasteiger partial charge < -0.3 is 4.74 Å². The van der Waals surface area contributed by atoms with Gasteiger partial charge in [0.15, 0.2) is 0 Å². The first-order valence-electron chi connectivity index (χ1n) is 7.94. The minimum absolute atomic E-state index is 0.248. The summed E-state index contributed by atoms with van der Waals surface area (Å²) in [6.07, 6.45) is 5.09. The second kappa shape index (κ2) is 6.64. The Morgan fingerprint density at radius 2 is 2.16 bits per heavy atom. The summed E-state index contributed by atoms with van der Waals surface area (Å²) in [5.41, 5.74) is 4.47. The quantitative estimate of drug-likeness (QED) is 0.448. The first-order chi connectivity index (χ1) is 12.4. The van der Waals surface area contributed by atoms with E-state index in [1.165, 1.54) is 11.3 Å². The molecule has 0 spiro atoms. The van der Waals surface area contributed by atoms with Crippen molar-refractivity contribution in [3.8, 4) is 17.1 Å². The van der Waals surface area contributed by atoms with Crippen LogP contribution in [-0.4, -0.2) is 20.7 Å². The van der Waals surface area contributed by atoms with Gasteiger partial charge in [-0.2, -0.15) is 0 Å². The molecule has 0 atom stereocenters. The third kappa shape index (κ3) is 3.05. The molecule has 6 heteroatoms. The maximum absolute atomic E-state index is 5.58. The molecule has 1 aromatic heterocycles. The zero-order chi connectivity index (χ0) is 16.6. The summed E-state index contributed by atoms with van der Waals surface area (Å²) in [4.78, 5) is 11.6. The van der Waals surface area contributed by atoms with Crippen LogP contribution in [0.4, 0.5) is 5.69 Å². The number of nitrogens with zero attached hydrogens (tertiary/aromatic N) is 3. The Hall–Kier alpha value is -1.55. The van der Waals surface area contributed by atoms with Crippen LogP contribution in [0.25, 0.3) is 22.3 Å². The van der Waals surface area contributed by atoms with Gasteiger partial charge in [-0.05, 0) is 0 Å². The van der Waals surface area contributed by atoms with E-state index in [4.69, 9.17) is 9.72 Å². The van der Waals surface area contributed by atoms with E-state index in [-0.39, 0.29) is 16.8 Å². The third-order valence-corrected chi connectivity index (χ3v) is 11.0. The van der Waals surface area contributed by atoms with Crippen LogP contribution in [0.3, 0.4) is 0 Å². The molecule has 0 fully saturated rings. The van der Waals surface area contributed by atoms with Gasteiger partial charge in [0.25, 0.3) is 0 Å². The van der Waals surface area contributed by atoms with Crippen LogP contribution >= 0.6 is 16.8 Å². The molecule has 5 rings (SSSR count). The Morgan fingerprint density at radius 3 is 3.08 bits per heavy atom. The zero-order valence-corrected chi connectivity index (χ0v) is 17.5. The van der Waals surface area contributed by atoms with Crippen LogP contribution in [0, 0.1) is 0 Å². The normalized spacial score (nSPS) is 16.1. The van der Waals surface area contributed by atoms with Crippen molar-refractivity contribution in [2.45, 2.75) is 6.42 Å². The first-order valence-corrected chi connectivity index (χ1v) is 16.7. The fourth-order valence-electron chi connectivity index (χ4n) is 2.99. The van der Waals surface area contributed by atoms with Crippen molar-refractivity contribution in [3.05, 3.63) is 58.4 Å². The van der Waals surface area contributed by atoms with Gasteiger partial charge in [0.1, 0.15) is 5.75 Å². The van der Waals surface area contributed by atoms with E-state index in [0.29, 0.717) is 17.2 Å². The van der Waals surface area contributed by atoms with Crippen molar-refractivity contribution >= 4 is 37.5 Å². The number of ether oxygens (including phenoxy) is 1. The molecular weight excluding hydrogens is 540 g/mol. The first kappa shape index (κ1) is 15.7. The Bertz CT molecular complexity index is 1020. The number of aromatic nitrogens is 2. The Kier molecular flexibility index (Phi) is 4.16. The summed E-state index contributed by atoms with van der Waals surface area (Å²) in [6.45, 7) is 0.770. The molecule has 0 radical (unpaired) electrons. The Balaban J connectivity index is 1.52. The van der Waals surface area contributed by atoms with E-state index in [9.17, 15) is 0 Å². The molecular formula is C19H14I2N3O-. The second-order valence-electron chi connectivity index (χ2n) is 5.80. The van der Waals surface area contributed by atoms with Crippen molar-refractivity contribution in [1.29, 1.82) is 0 Å². The Morgan fingerprint density at radius 1 is 1.16 bits per heavy atom. The molecule has 0 saturated heterocycles. The van der Waals surface area contributed by atoms with E-state index in [0.717, 1.165) is 41.1 Å². The molecule has 126 valence electrons. The topological polar surface area (TPSA) is 38.2 Å². The van der Waals surface area contributed by atoms with E-state index in [2.05, 4.69) is 48.6 Å². The Labute approximate surface area is 162 Å². The monoisotopic (exact) mass is 554 g/mol. The van der Waals surface area contributed by atoms with Gasteiger partial charge in [-0.25, -0.2) is 0 Å². The number of anilines is 1. The number of hydrogen-bond donors (Lipinski definition) is 0. The second-order valence-corrected chi connectivity index (χ2v) is 14.3. The third-order valence-electron chi connectivity index (χ3n) is 4.26. The average Bonchev–Trinajstić information content (AvgIpc) is 3.15. The summed E-state index contributed by atoms with van der Waals surface area (Å²) in [7, 11) is 0. The van der Waals surface area contributed by atoms with Gasteiger partial charge in [0, 0.05) is 6.42 Å². The zero-order valence-electron chi connectivity index (χ0n) is 13.2. The summed E-state index contributed by atoms with van der Waals surface area (Å²) < 4.78 is 10.3. The number of fused-ring (bicyclic) bond motifs is 2. The van der Waals surface area contributed by atoms with Gasteiger partial charge in [-0.15, -0.1) is 0 Å². The average molecular weight is 554 g/mol. The van der Waals surface area contributed by atoms with Gasteiger partial charge >= 0.3 is 139 Å². The number of halogens is 2. The molecule has 3 heterocycles. The van der Waals surface area contributed by atoms with E-state index in [1.54, 1.807) is 0 Å². The number of rotatable bonds is 2. The fourth-order valence-corrected chi connectivity index (χ4v) is 8.68. The van der Waals surface area contributed by atoms with E-state index >= 15 is 0 Å². The molecule has 25 heavy (non-hydrogen) atoms. The van der Waals surface area contributed by atoms with Gasteiger partial charge in [-0.3, -0.25) is 0 Å². The molecule has 2 aliphatic rings. The molecule has 0 amide bonds. The molecule has 2 aliphatic heterocycles. The molecule has 4 nitrogen and oxygen atoms in total. The van der Waals surface area contributed by atoms with Crippen LogP contribution in [-0.2, 0) is 6.42 Å². The number of benzene rings is 2. The molecule has 0 unspecified atom stereocenters. The van der Waals surface area contributed by atoms with Gasteiger partial charge in [0.2, 0.25) is 0 Å². The van der Waals surface area contributed by atoms with Crippen molar-refractivity contribution in [1.82, 2.24) is 9.97 Å². The molecule has 0 bridgehead atoms. The summed E-state index contributed by atoms with van der Waals surface area (Å²) in [5.74, 6) is 1.76. The molecule has 2 aromatic carbocycles. The fraction of sp³-hybridized carbons (Fsp3) is 0.105. The van der Waals surface area contributed by atoms with Crippen molar-refractivity contribution in [2.24, 2.45) is 0 Å². The van der Waals surface area contributed by atoms with Crippen LogP contribution < -0.4 is 26.9 Å². The maximum atomic E-state index is 5.58. The standard InChI is InChI=1S/C19H14I2N3O/c1-4-18-13(5-8-25-18)9-14(1)19-22-11-15-10-16(2-3-17(15)23-19)24-7-6-20-21-12-24/h1-4,6-7,9-12H,5,8H2/q-1. The SMILES string of the molecule is C1=CN(c2ccc3nc(-c4ccc5c(c4)CCO5)ncc3c2)C=I[I-]1. The predicted octanol–water partition coefficient (Wildman–Crippen LogP) is 1.26. The minimum atomic E-state index is 0.248. The van der Waals surface area contributed by atoms with E-state index < -0.39 is 0 Å². The van der Waals surface area contributed by atoms with Crippen LogP contribution in [0.5, 0.6) is 5.75 Å². The van der Waals surface area contributed by atoms with Crippen molar-refractivity contribution < 1.29 is 22.0 Å². The van der Waals surface area contributed by atoms with Crippen LogP contribution in [0.15, 0.2) is 52.9 Å². The summed E-state index contributed by atoms with van der Waals surface area (Å²) >= 11 is 0.574. The molecule has 0 N–H and O–H groups in total. The number of hydrogen-bond acceptors (Lipinski definition) is 4. The summed E-state index contributed by atoms with van der Waals surface area (Å²) in [6, 6.07) is 12.6. The van der Waals surface area contributed by atoms with Crippen molar-refractivity contribution in [3.63, 3.8) is 0 Å². The van der Waals surface area contributed by atoms with Crippen molar-refractivity contribution in [2.75, 3.05) is 11.5 Å². The molecule has 0 saturated carbocycles.